The van der Waals surface area contributed by atoms with Gasteiger partial charge >= 0.3 is 0 Å². The van der Waals surface area contributed by atoms with Crippen LogP contribution in [0.1, 0.15) is 25.7 Å². The van der Waals surface area contributed by atoms with E-state index < -0.39 is 42.7 Å². The van der Waals surface area contributed by atoms with Gasteiger partial charge in [0.25, 0.3) is 0 Å². The lowest BCUT2D eigenvalue weighted by atomic mass is 10.3. The summed E-state index contributed by atoms with van der Waals surface area (Å²) in [5, 5.41) is -2.13. The molecule has 116 valence electrons. The van der Waals surface area contributed by atoms with Crippen LogP contribution in [0.25, 0.3) is 0 Å². The van der Waals surface area contributed by atoms with Gasteiger partial charge in [-0.05, 0) is 47.8 Å². The van der Waals surface area contributed by atoms with Crippen molar-refractivity contribution in [2.24, 2.45) is 11.5 Å². The number of hydrogen-bond acceptors (Lipinski definition) is 8. The fourth-order valence-corrected chi connectivity index (χ4v) is 3.44. The van der Waals surface area contributed by atoms with Crippen molar-refractivity contribution in [3.63, 3.8) is 0 Å². The molecule has 8 nitrogen and oxygen atoms in total. The smallest absolute Gasteiger partial charge is 0.150 e. The second-order valence-electron chi connectivity index (χ2n) is 4.03. The Morgan fingerprint density at radius 1 is 0.895 bits per heavy atom. The molecule has 19 heavy (non-hydrogen) atoms. The molecule has 0 aliphatic carbocycles. The van der Waals surface area contributed by atoms with Crippen molar-refractivity contribution in [2.45, 2.75) is 36.4 Å². The molecule has 0 bridgehead atoms. The summed E-state index contributed by atoms with van der Waals surface area (Å²) in [6.07, 6.45) is 0.437. The summed E-state index contributed by atoms with van der Waals surface area (Å²) in [5.74, 6) is -0.346. The quantitative estimate of drug-likeness (QED) is 0.445. The van der Waals surface area contributed by atoms with Crippen molar-refractivity contribution >= 4 is 32.0 Å². The van der Waals surface area contributed by atoms with Crippen molar-refractivity contribution in [2.75, 3.05) is 11.5 Å². The van der Waals surface area contributed by atoms with Gasteiger partial charge in [0.15, 0.2) is 0 Å². The maximum Gasteiger partial charge on any atom is 0.150 e. The minimum atomic E-state index is -3.34. The molecule has 0 amide bonds. The molecule has 0 fully saturated rings. The van der Waals surface area contributed by atoms with Crippen LogP contribution in [0, 0.1) is 0 Å². The Kier molecular flexibility index (Phi) is 9.15. The SMILES string of the molecule is NC(CCCS(=O)(=O)CCCC(N)S(=O)[O-])S(=O)[O-]. The Hall–Kier alpha value is 0.0900. The first-order valence-corrected chi connectivity index (χ1v) is 9.63. The van der Waals surface area contributed by atoms with Gasteiger partial charge in [0.05, 0.1) is 22.3 Å². The number of hydrogen-bond donors (Lipinski definition) is 2. The molecule has 0 aromatic carbocycles. The molecule has 0 saturated heterocycles. The van der Waals surface area contributed by atoms with Crippen LogP contribution in [-0.2, 0) is 32.0 Å². The molecule has 11 heteroatoms. The molecule has 0 aromatic heterocycles. The Morgan fingerprint density at radius 3 is 1.47 bits per heavy atom. The highest BCUT2D eigenvalue weighted by atomic mass is 32.2. The lowest BCUT2D eigenvalue weighted by Crippen LogP contribution is -2.27. The van der Waals surface area contributed by atoms with E-state index in [1.807, 2.05) is 0 Å². The minimum Gasteiger partial charge on any atom is -0.771 e. The average molecular weight is 334 g/mol. The van der Waals surface area contributed by atoms with Crippen LogP contribution in [0.4, 0.5) is 0 Å². The largest absolute Gasteiger partial charge is 0.771 e. The Balaban J connectivity index is 3.93. The van der Waals surface area contributed by atoms with Gasteiger partial charge in [0, 0.05) is 0 Å². The Bertz CT molecular complexity index is 381. The van der Waals surface area contributed by atoms with Gasteiger partial charge in [-0.25, -0.2) is 8.42 Å². The lowest BCUT2D eigenvalue weighted by molar-refractivity contribution is 0.514. The zero-order valence-electron chi connectivity index (χ0n) is 10.2. The van der Waals surface area contributed by atoms with Gasteiger partial charge in [-0.3, -0.25) is 8.42 Å². The molecule has 4 atom stereocenters. The van der Waals surface area contributed by atoms with Gasteiger partial charge in [-0.2, -0.15) is 0 Å². The molecule has 0 radical (unpaired) electrons. The summed E-state index contributed by atoms with van der Waals surface area (Å²) in [5.41, 5.74) is 10.5. The van der Waals surface area contributed by atoms with Crippen molar-refractivity contribution < 1.29 is 25.9 Å². The van der Waals surface area contributed by atoms with Crippen LogP contribution in [0.5, 0.6) is 0 Å². The zero-order valence-corrected chi connectivity index (χ0v) is 12.7. The lowest BCUT2D eigenvalue weighted by Gasteiger charge is -2.15. The van der Waals surface area contributed by atoms with Gasteiger partial charge in [0.1, 0.15) is 9.84 Å². The summed E-state index contributed by atoms with van der Waals surface area (Å²) in [6.45, 7) is 0. The summed E-state index contributed by atoms with van der Waals surface area (Å²) >= 11 is -4.82. The predicted molar refractivity (Wildman–Crippen MR) is 70.9 cm³/mol. The van der Waals surface area contributed by atoms with Crippen LogP contribution in [0.3, 0.4) is 0 Å². The van der Waals surface area contributed by atoms with E-state index in [2.05, 4.69) is 0 Å². The predicted octanol–water partition coefficient (Wildman–Crippen LogP) is -1.71. The molecular weight excluding hydrogens is 316 g/mol. The van der Waals surface area contributed by atoms with Gasteiger partial charge < -0.3 is 20.6 Å². The molecule has 0 aromatic rings. The maximum atomic E-state index is 11.5. The highest BCUT2D eigenvalue weighted by Crippen LogP contribution is 2.06. The second kappa shape index (κ2) is 9.10. The fraction of sp³-hybridized carbons (Fsp3) is 1.00. The van der Waals surface area contributed by atoms with E-state index in [9.17, 15) is 25.9 Å². The Labute approximate surface area is 117 Å². The standard InChI is InChI=1S/C8H20N2O6S3/c9-7(17(11)12)3-1-5-19(15,16)6-2-4-8(10)18(13)14/h7-8H,1-6,9-10H2,(H,11,12)(H,13,14)/p-2. The molecule has 0 aliphatic rings. The summed E-state index contributed by atoms with van der Waals surface area (Å²) in [6, 6.07) is 0. The van der Waals surface area contributed by atoms with E-state index in [1.165, 1.54) is 0 Å². The van der Waals surface area contributed by atoms with E-state index in [1.54, 1.807) is 0 Å². The minimum absolute atomic E-state index is 0.0689. The highest BCUT2D eigenvalue weighted by molar-refractivity contribution is 7.91. The fourth-order valence-electron chi connectivity index (χ4n) is 1.30. The molecule has 0 spiro atoms. The molecule has 4 unspecified atom stereocenters. The van der Waals surface area contributed by atoms with Gasteiger partial charge in [0.2, 0.25) is 0 Å². The van der Waals surface area contributed by atoms with Gasteiger partial charge in [-0.15, -0.1) is 0 Å². The first-order chi connectivity index (χ1) is 8.65. The van der Waals surface area contributed by atoms with Crippen LogP contribution in [-0.4, -0.2) is 48.2 Å². The zero-order chi connectivity index (χ0) is 15.1. The number of rotatable bonds is 10. The summed E-state index contributed by atoms with van der Waals surface area (Å²) in [7, 11) is -3.34. The van der Waals surface area contributed by atoms with E-state index in [-0.39, 0.29) is 37.2 Å². The van der Waals surface area contributed by atoms with Crippen LogP contribution in [0.2, 0.25) is 0 Å². The molecular formula is C8H18N2O6S3-2. The van der Waals surface area contributed by atoms with E-state index in [0.29, 0.717) is 0 Å². The third kappa shape index (κ3) is 9.60. The topological polar surface area (TPSA) is 166 Å². The van der Waals surface area contributed by atoms with Crippen LogP contribution >= 0.6 is 0 Å². The van der Waals surface area contributed by atoms with Crippen molar-refractivity contribution in [3.8, 4) is 0 Å². The molecule has 0 saturated carbocycles. The highest BCUT2D eigenvalue weighted by Gasteiger charge is 2.13. The third-order valence-corrected chi connectivity index (χ3v) is 5.66. The van der Waals surface area contributed by atoms with Crippen molar-refractivity contribution in [1.82, 2.24) is 0 Å². The molecule has 4 N–H and O–H groups in total. The molecule has 0 heterocycles. The number of sulfone groups is 1. The molecule has 0 aliphatic heterocycles. The van der Waals surface area contributed by atoms with Crippen molar-refractivity contribution in [3.05, 3.63) is 0 Å². The first-order valence-electron chi connectivity index (χ1n) is 5.53. The monoisotopic (exact) mass is 334 g/mol. The normalized spacial score (nSPS) is 18.7. The van der Waals surface area contributed by atoms with Gasteiger partial charge in [-0.1, -0.05) is 0 Å². The third-order valence-electron chi connectivity index (χ3n) is 2.38. The average Bonchev–Trinajstić information content (AvgIpc) is 2.27. The summed E-state index contributed by atoms with van der Waals surface area (Å²) < 4.78 is 64.8. The number of nitrogens with two attached hydrogens (primary N) is 2. The van der Waals surface area contributed by atoms with E-state index in [4.69, 9.17) is 11.5 Å². The van der Waals surface area contributed by atoms with E-state index >= 15 is 0 Å². The Morgan fingerprint density at radius 2 is 1.21 bits per heavy atom. The van der Waals surface area contributed by atoms with Crippen LogP contribution < -0.4 is 11.5 Å². The molecule has 0 rings (SSSR count). The first kappa shape index (κ1) is 19.1. The van der Waals surface area contributed by atoms with Crippen molar-refractivity contribution in [1.29, 1.82) is 0 Å². The van der Waals surface area contributed by atoms with Crippen LogP contribution in [0.15, 0.2) is 0 Å². The van der Waals surface area contributed by atoms with E-state index in [0.717, 1.165) is 0 Å². The maximum absolute atomic E-state index is 11.5. The second-order valence-corrected chi connectivity index (χ2v) is 8.59. The summed E-state index contributed by atoms with van der Waals surface area (Å²) in [4.78, 5) is 0.